The van der Waals surface area contributed by atoms with Gasteiger partial charge in [-0.15, -0.1) is 0 Å². The summed E-state index contributed by atoms with van der Waals surface area (Å²) in [5, 5.41) is 7.99. The monoisotopic (exact) mass is 505 g/mol. The van der Waals surface area contributed by atoms with Crippen LogP contribution in [0.2, 0.25) is 0 Å². The highest BCUT2D eigenvalue weighted by Gasteiger charge is 2.36. The van der Waals surface area contributed by atoms with Crippen molar-refractivity contribution in [3.63, 3.8) is 0 Å². The molecule has 2 amide bonds. The van der Waals surface area contributed by atoms with Crippen molar-refractivity contribution in [1.82, 2.24) is 19.2 Å². The molecule has 0 saturated carbocycles. The van der Waals surface area contributed by atoms with Gasteiger partial charge in [0.05, 0.1) is 29.7 Å². The number of carbonyl (C=O) groups excluding carboxylic acids is 1. The third-order valence-electron chi connectivity index (χ3n) is 7.02. The number of para-hydroxylation sites is 1. The van der Waals surface area contributed by atoms with Gasteiger partial charge in [0.25, 0.3) is 0 Å². The number of aryl methyl sites for hydroxylation is 2. The zero-order valence-electron chi connectivity index (χ0n) is 21.3. The van der Waals surface area contributed by atoms with E-state index in [2.05, 4.69) is 48.0 Å². The molecule has 0 radical (unpaired) electrons. The van der Waals surface area contributed by atoms with Crippen LogP contribution < -0.4 is 5.32 Å². The molecule has 0 saturated heterocycles. The Hall–Kier alpha value is -4.65. The van der Waals surface area contributed by atoms with Gasteiger partial charge < -0.3 is 14.8 Å². The third-order valence-corrected chi connectivity index (χ3v) is 7.02. The van der Waals surface area contributed by atoms with Crippen molar-refractivity contribution in [2.75, 3.05) is 5.32 Å². The summed E-state index contributed by atoms with van der Waals surface area (Å²) in [7, 11) is 0. The minimum Gasteiger partial charge on any atom is -0.308 e. The SMILES string of the molecule is CCc1nn(-c2ccccc2)c2c1CN(C(=O)Nc1ccc(F)cc1)[C@H](c1cccc(C)c1)c1cccn1-2. The average Bonchev–Trinajstić information content (AvgIpc) is 3.51. The number of nitrogens with zero attached hydrogens (tertiary/aromatic N) is 4. The zero-order valence-corrected chi connectivity index (χ0v) is 21.3. The first-order valence-electron chi connectivity index (χ1n) is 12.8. The Kier molecular flexibility index (Phi) is 6.04. The van der Waals surface area contributed by atoms with Gasteiger partial charge in [0.15, 0.2) is 0 Å². The predicted octanol–water partition coefficient (Wildman–Crippen LogP) is 6.81. The number of rotatable bonds is 4. The highest BCUT2D eigenvalue weighted by atomic mass is 19.1. The molecule has 0 spiro atoms. The van der Waals surface area contributed by atoms with Gasteiger partial charge in [-0.25, -0.2) is 13.9 Å². The summed E-state index contributed by atoms with van der Waals surface area (Å²) >= 11 is 0. The maximum Gasteiger partial charge on any atom is 0.322 e. The number of benzene rings is 3. The number of urea groups is 1. The Morgan fingerprint density at radius 2 is 1.79 bits per heavy atom. The van der Waals surface area contributed by atoms with Crippen LogP contribution in [0, 0.1) is 12.7 Å². The van der Waals surface area contributed by atoms with E-state index in [1.165, 1.54) is 12.1 Å². The van der Waals surface area contributed by atoms with Gasteiger partial charge in [-0.3, -0.25) is 0 Å². The molecule has 7 heteroatoms. The van der Waals surface area contributed by atoms with Crippen LogP contribution in [0.4, 0.5) is 14.9 Å². The normalized spacial score (nSPS) is 14.5. The lowest BCUT2D eigenvalue weighted by Crippen LogP contribution is -2.38. The number of amides is 2. The molecule has 3 aromatic carbocycles. The first kappa shape index (κ1) is 23.7. The van der Waals surface area contributed by atoms with Crippen LogP contribution in [0.1, 0.15) is 41.0 Å². The Morgan fingerprint density at radius 3 is 2.53 bits per heavy atom. The second kappa shape index (κ2) is 9.67. The second-order valence-electron chi connectivity index (χ2n) is 9.53. The number of nitrogens with one attached hydrogen (secondary N) is 1. The smallest absolute Gasteiger partial charge is 0.308 e. The molecule has 0 unspecified atom stereocenters. The minimum absolute atomic E-state index is 0.266. The molecular formula is C31H28FN5O. The molecule has 0 bridgehead atoms. The predicted molar refractivity (Wildman–Crippen MR) is 146 cm³/mol. The van der Waals surface area contributed by atoms with Crippen LogP contribution in [0.3, 0.4) is 0 Å². The van der Waals surface area contributed by atoms with Crippen LogP contribution in [-0.2, 0) is 13.0 Å². The molecule has 2 aromatic heterocycles. The molecule has 6 nitrogen and oxygen atoms in total. The summed E-state index contributed by atoms with van der Waals surface area (Å²) in [6.07, 6.45) is 2.76. The first-order chi connectivity index (χ1) is 18.5. The number of anilines is 1. The number of aromatic nitrogens is 3. The second-order valence-corrected chi connectivity index (χ2v) is 9.53. The summed E-state index contributed by atoms with van der Waals surface area (Å²) in [4.78, 5) is 15.8. The summed E-state index contributed by atoms with van der Waals surface area (Å²) in [6, 6.07) is 27.6. The van der Waals surface area contributed by atoms with Crippen LogP contribution in [0.25, 0.3) is 11.5 Å². The van der Waals surface area contributed by atoms with E-state index in [0.717, 1.165) is 46.0 Å². The average molecular weight is 506 g/mol. The number of halogens is 1. The summed E-state index contributed by atoms with van der Waals surface area (Å²) < 4.78 is 17.7. The van der Waals surface area contributed by atoms with Crippen LogP contribution in [0.5, 0.6) is 0 Å². The Bertz CT molecular complexity index is 1600. The van der Waals surface area contributed by atoms with Crippen molar-refractivity contribution in [3.05, 3.63) is 131 Å². The molecule has 38 heavy (non-hydrogen) atoms. The van der Waals surface area contributed by atoms with Crippen LogP contribution >= 0.6 is 0 Å². The number of hydrogen-bond donors (Lipinski definition) is 1. The maximum absolute atomic E-state index is 14.0. The van der Waals surface area contributed by atoms with E-state index in [1.807, 2.05) is 58.2 Å². The van der Waals surface area contributed by atoms with E-state index in [9.17, 15) is 9.18 Å². The van der Waals surface area contributed by atoms with Crippen molar-refractivity contribution in [2.24, 2.45) is 0 Å². The molecule has 5 aromatic rings. The Morgan fingerprint density at radius 1 is 1.00 bits per heavy atom. The topological polar surface area (TPSA) is 55.1 Å². The van der Waals surface area contributed by atoms with Crippen LogP contribution in [0.15, 0.2) is 97.2 Å². The molecule has 3 heterocycles. The summed E-state index contributed by atoms with van der Waals surface area (Å²) in [6.45, 7) is 4.50. The molecule has 0 aliphatic carbocycles. The fourth-order valence-electron chi connectivity index (χ4n) is 5.27. The van der Waals surface area contributed by atoms with Crippen molar-refractivity contribution in [2.45, 2.75) is 32.9 Å². The van der Waals surface area contributed by atoms with Gasteiger partial charge in [0.2, 0.25) is 0 Å². The molecule has 6 rings (SSSR count). The Balaban J connectivity index is 1.55. The maximum atomic E-state index is 14.0. The largest absolute Gasteiger partial charge is 0.322 e. The number of fused-ring (bicyclic) bond motifs is 3. The molecule has 190 valence electrons. The fraction of sp³-hybridized carbons (Fsp3) is 0.161. The molecule has 1 atom stereocenters. The van der Waals surface area contributed by atoms with E-state index < -0.39 is 0 Å². The third kappa shape index (κ3) is 4.16. The molecular weight excluding hydrogens is 477 g/mol. The van der Waals surface area contributed by atoms with Gasteiger partial charge in [-0.2, -0.15) is 5.10 Å². The summed E-state index contributed by atoms with van der Waals surface area (Å²) in [5.41, 5.74) is 6.52. The molecule has 1 aliphatic rings. The summed E-state index contributed by atoms with van der Waals surface area (Å²) in [5.74, 6) is 0.585. The number of hydrogen-bond acceptors (Lipinski definition) is 2. The fourth-order valence-corrected chi connectivity index (χ4v) is 5.27. The van der Waals surface area contributed by atoms with Crippen molar-refractivity contribution in [3.8, 4) is 11.5 Å². The van der Waals surface area contributed by atoms with Crippen molar-refractivity contribution >= 4 is 11.7 Å². The number of carbonyl (C=O) groups is 1. The Labute approximate surface area is 221 Å². The van der Waals surface area contributed by atoms with Crippen LogP contribution in [-0.4, -0.2) is 25.3 Å². The highest BCUT2D eigenvalue weighted by Crippen LogP contribution is 2.39. The minimum atomic E-state index is -0.355. The highest BCUT2D eigenvalue weighted by molar-refractivity contribution is 5.90. The van der Waals surface area contributed by atoms with E-state index >= 15 is 0 Å². The zero-order chi connectivity index (χ0) is 26.2. The first-order valence-corrected chi connectivity index (χ1v) is 12.8. The van der Waals surface area contributed by atoms with Crippen molar-refractivity contribution < 1.29 is 9.18 Å². The van der Waals surface area contributed by atoms with Gasteiger partial charge in [-0.05, 0) is 67.4 Å². The van der Waals surface area contributed by atoms with Gasteiger partial charge in [0, 0.05) is 17.4 Å². The molecule has 1 aliphatic heterocycles. The van der Waals surface area contributed by atoms with Crippen molar-refractivity contribution in [1.29, 1.82) is 0 Å². The molecule has 0 fully saturated rings. The lowest BCUT2D eigenvalue weighted by Gasteiger charge is -2.31. The van der Waals surface area contributed by atoms with Gasteiger partial charge in [0.1, 0.15) is 11.6 Å². The van der Waals surface area contributed by atoms with Gasteiger partial charge in [-0.1, -0.05) is 55.0 Å². The lowest BCUT2D eigenvalue weighted by atomic mass is 10.00. The van der Waals surface area contributed by atoms with E-state index in [-0.39, 0.29) is 17.9 Å². The molecule has 1 N–H and O–H groups in total. The quantitative estimate of drug-likeness (QED) is 0.292. The van der Waals surface area contributed by atoms with E-state index in [1.54, 1.807) is 12.1 Å². The van der Waals surface area contributed by atoms with Gasteiger partial charge >= 0.3 is 6.03 Å². The van der Waals surface area contributed by atoms with E-state index in [4.69, 9.17) is 5.10 Å². The van der Waals surface area contributed by atoms with E-state index in [0.29, 0.717) is 12.2 Å². The lowest BCUT2D eigenvalue weighted by molar-refractivity contribution is 0.194. The standard InChI is InChI=1S/C31H28FN5O/c1-3-27-26-20-36(31(38)33-24-16-14-23(32)15-17-24)29(22-10-7-9-21(2)19-22)28-13-8-18-35(28)30(26)37(34-27)25-11-5-4-6-12-25/h4-19,29H,3,20H2,1-2H3,(H,33,38)/t29-/m1/s1.